The molecular weight excluding hydrogens is 273 g/mol. The van der Waals surface area contributed by atoms with Gasteiger partial charge in [-0.1, -0.05) is 6.07 Å². The van der Waals surface area contributed by atoms with Gasteiger partial charge in [-0.3, -0.25) is 4.90 Å². The van der Waals surface area contributed by atoms with Crippen LogP contribution in [0.25, 0.3) is 0 Å². The minimum Gasteiger partial charge on any atom is -0.388 e. The molecule has 1 fully saturated rings. The van der Waals surface area contributed by atoms with Gasteiger partial charge >= 0.3 is 6.18 Å². The Morgan fingerprint density at radius 1 is 1.25 bits per heavy atom. The molecule has 1 aromatic carbocycles. The van der Waals surface area contributed by atoms with Crippen LogP contribution in [0.1, 0.15) is 29.9 Å². The van der Waals surface area contributed by atoms with Crippen LogP contribution in [0.3, 0.4) is 0 Å². The predicted octanol–water partition coefficient (Wildman–Crippen LogP) is 2.47. The maximum Gasteiger partial charge on any atom is 0.416 e. The zero-order valence-corrected chi connectivity index (χ0v) is 10.7. The highest BCUT2D eigenvalue weighted by molar-refractivity contribution is 6.10. The molecule has 2 nitrogen and oxygen atoms in total. The average Bonchev–Trinajstić information content (AvgIpc) is 2.37. The number of rotatable bonds is 2. The number of piperidine rings is 1. The molecule has 7 heteroatoms. The molecule has 1 saturated heterocycles. The molecule has 0 aliphatic carbocycles. The number of likely N-dealkylation sites (tertiary alicyclic amines) is 1. The van der Waals surface area contributed by atoms with Crippen molar-refractivity contribution in [3.8, 4) is 0 Å². The molecule has 20 heavy (non-hydrogen) atoms. The van der Waals surface area contributed by atoms with Gasteiger partial charge in [-0.15, -0.1) is 0 Å². The molecule has 0 amide bonds. The van der Waals surface area contributed by atoms with Crippen molar-refractivity contribution in [1.82, 2.24) is 4.90 Å². The maximum atomic E-state index is 13.8. The van der Waals surface area contributed by atoms with E-state index in [0.717, 1.165) is 18.2 Å². The van der Waals surface area contributed by atoms with Gasteiger partial charge in [-0.05, 0) is 30.9 Å². The largest absolute Gasteiger partial charge is 0.416 e. The van der Waals surface area contributed by atoms with E-state index >= 15 is 0 Å². The van der Waals surface area contributed by atoms with Gasteiger partial charge in [-0.2, -0.15) is 13.2 Å². The van der Waals surface area contributed by atoms with Crippen LogP contribution in [0.5, 0.6) is 0 Å². The van der Waals surface area contributed by atoms with Crippen molar-refractivity contribution in [3.63, 3.8) is 0 Å². The van der Waals surface area contributed by atoms with E-state index in [1.165, 1.54) is 0 Å². The summed E-state index contributed by atoms with van der Waals surface area (Å²) in [5.41, 5.74) is -1.18. The molecule has 1 aromatic rings. The van der Waals surface area contributed by atoms with Crippen LogP contribution in [-0.2, 0) is 6.18 Å². The van der Waals surface area contributed by atoms with Gasteiger partial charge < -0.3 is 5.11 Å². The summed E-state index contributed by atoms with van der Waals surface area (Å²) < 4.78 is 52.7. The molecule has 1 unspecified atom stereocenters. The summed E-state index contributed by atoms with van der Waals surface area (Å²) in [5, 5.41) is 9.22. The lowest BCUT2D eigenvalue weighted by molar-refractivity contribution is -0.138. The van der Waals surface area contributed by atoms with Crippen molar-refractivity contribution in [2.24, 2.45) is 0 Å². The van der Waals surface area contributed by atoms with E-state index in [9.17, 15) is 22.7 Å². The van der Waals surface area contributed by atoms with E-state index in [0.29, 0.717) is 25.9 Å². The van der Waals surface area contributed by atoms with Crippen LogP contribution < -0.4 is 0 Å². The zero-order valence-electron chi connectivity index (χ0n) is 10.7. The molecule has 0 bridgehead atoms. The van der Waals surface area contributed by atoms with Crippen LogP contribution in [-0.4, -0.2) is 37.1 Å². The first-order valence-electron chi connectivity index (χ1n) is 6.34. The second kappa shape index (κ2) is 5.73. The zero-order chi connectivity index (χ0) is 14.9. The van der Waals surface area contributed by atoms with E-state index in [2.05, 4.69) is 0 Å². The minimum absolute atomic E-state index is 0.272. The number of hydrogen-bond donors (Lipinski definition) is 1. The number of aliphatic hydroxyl groups is 1. The molecule has 0 saturated carbocycles. The van der Waals surface area contributed by atoms with Gasteiger partial charge in [0.2, 0.25) is 0 Å². The highest BCUT2D eigenvalue weighted by atomic mass is 19.4. The maximum absolute atomic E-state index is 13.8. The lowest BCUT2D eigenvalue weighted by Crippen LogP contribution is -2.41. The summed E-state index contributed by atoms with van der Waals surface area (Å²) in [4.78, 5) is 1.55. The Morgan fingerprint density at radius 3 is 2.35 bits per heavy atom. The molecule has 1 N–H and O–H groups in total. The quantitative estimate of drug-likeness (QED) is 0.667. The van der Waals surface area contributed by atoms with Crippen molar-refractivity contribution >= 4 is 7.85 Å². The Balaban J connectivity index is 2.26. The van der Waals surface area contributed by atoms with Crippen molar-refractivity contribution in [1.29, 1.82) is 0 Å². The van der Waals surface area contributed by atoms with Gasteiger partial charge in [0.25, 0.3) is 0 Å². The number of hydrogen-bond acceptors (Lipinski definition) is 2. The molecule has 0 spiro atoms. The normalized spacial score (nSPS) is 20.1. The Hall–Kier alpha value is -1.08. The fraction of sp³-hybridized carbons (Fsp3) is 0.538. The third-order valence-corrected chi connectivity index (χ3v) is 3.67. The summed E-state index contributed by atoms with van der Waals surface area (Å²) in [5.74, 6) is -1.34. The summed E-state index contributed by atoms with van der Waals surface area (Å²) in [6, 6.07) is 3.03. The molecule has 1 aliphatic heterocycles. The standard InChI is InChI=1S/C13H14BF4NO/c14-12(20)19-6-4-8(5-7-19)11-9(13(16,17)18)2-1-3-10(11)15/h1-3,8,12,20H,4-7H2. The molecule has 1 atom stereocenters. The Labute approximate surface area is 115 Å². The number of alkyl halides is 3. The second-order valence-corrected chi connectivity index (χ2v) is 4.92. The second-order valence-electron chi connectivity index (χ2n) is 4.92. The van der Waals surface area contributed by atoms with Crippen LogP contribution in [0.15, 0.2) is 18.2 Å². The molecule has 0 aromatic heterocycles. The smallest absolute Gasteiger partial charge is 0.388 e. The topological polar surface area (TPSA) is 23.5 Å². The van der Waals surface area contributed by atoms with E-state index < -0.39 is 29.6 Å². The summed E-state index contributed by atoms with van der Waals surface area (Å²) in [7, 11) is 5.31. The first-order valence-corrected chi connectivity index (χ1v) is 6.34. The van der Waals surface area contributed by atoms with Crippen LogP contribution in [0, 0.1) is 5.82 Å². The molecule has 108 valence electrons. The number of nitrogens with zero attached hydrogens (tertiary/aromatic N) is 1. The fourth-order valence-corrected chi connectivity index (χ4v) is 2.65. The van der Waals surface area contributed by atoms with E-state index in [4.69, 9.17) is 7.85 Å². The lowest BCUT2D eigenvalue weighted by atomic mass is 9.85. The van der Waals surface area contributed by atoms with Crippen molar-refractivity contribution < 1.29 is 22.7 Å². The third kappa shape index (κ3) is 3.15. The summed E-state index contributed by atoms with van der Waals surface area (Å²) >= 11 is 0. The van der Waals surface area contributed by atoms with Crippen molar-refractivity contribution in [2.45, 2.75) is 31.1 Å². The monoisotopic (exact) mass is 287 g/mol. The first-order chi connectivity index (χ1) is 9.30. The fourth-order valence-electron chi connectivity index (χ4n) is 2.65. The molecule has 2 rings (SSSR count). The Kier molecular flexibility index (Phi) is 4.39. The van der Waals surface area contributed by atoms with Crippen molar-refractivity contribution in [3.05, 3.63) is 35.1 Å². The number of halogens is 4. The average molecular weight is 287 g/mol. The Morgan fingerprint density at radius 2 is 1.85 bits per heavy atom. The third-order valence-electron chi connectivity index (χ3n) is 3.67. The SMILES string of the molecule is [B]C(O)N1CCC(c2c(F)cccc2C(F)(F)F)CC1. The van der Waals surface area contributed by atoms with Gasteiger partial charge in [0.05, 0.1) is 11.7 Å². The van der Waals surface area contributed by atoms with E-state index in [1.54, 1.807) is 4.90 Å². The summed E-state index contributed by atoms with van der Waals surface area (Å²) in [6.07, 6.45) is -5.03. The van der Waals surface area contributed by atoms with Gasteiger partial charge in [-0.25, -0.2) is 4.39 Å². The first kappa shape index (κ1) is 15.3. The minimum atomic E-state index is -4.57. The molecule has 2 radical (unpaired) electrons. The molecular formula is C13H14BF4NO. The summed E-state index contributed by atoms with van der Waals surface area (Å²) in [6.45, 7) is 0.682. The van der Waals surface area contributed by atoms with Crippen LogP contribution in [0.4, 0.5) is 17.6 Å². The van der Waals surface area contributed by atoms with Gasteiger partial charge in [0.1, 0.15) is 13.7 Å². The van der Waals surface area contributed by atoms with Gasteiger partial charge in [0, 0.05) is 18.7 Å². The molecule has 1 aliphatic rings. The van der Waals surface area contributed by atoms with Crippen molar-refractivity contribution in [2.75, 3.05) is 13.1 Å². The molecule has 1 heterocycles. The lowest BCUT2D eigenvalue weighted by Gasteiger charge is -2.35. The highest BCUT2D eigenvalue weighted by Gasteiger charge is 2.37. The van der Waals surface area contributed by atoms with Crippen LogP contribution in [0.2, 0.25) is 0 Å². The van der Waals surface area contributed by atoms with E-state index in [-0.39, 0.29) is 5.56 Å². The number of benzene rings is 1. The van der Waals surface area contributed by atoms with E-state index in [1.807, 2.05) is 0 Å². The predicted molar refractivity (Wildman–Crippen MR) is 66.7 cm³/mol. The van der Waals surface area contributed by atoms with Crippen LogP contribution >= 0.6 is 0 Å². The van der Waals surface area contributed by atoms with Gasteiger partial charge in [0.15, 0.2) is 0 Å². The highest BCUT2D eigenvalue weighted by Crippen LogP contribution is 2.40. The Bertz CT molecular complexity index is 470. The number of aliphatic hydroxyl groups excluding tert-OH is 1.